The standard InChI is InChI=1S/C15H16N6O2S/c1-2-3-11-13(24-20-19-11)15(22)21-7-4-10(9-21)23-14-12(8-16)17-5-6-18-14/h5-6,10H,2-4,7,9H2,1H3/t10-/m1/s1. The third kappa shape index (κ3) is 3.33. The summed E-state index contributed by atoms with van der Waals surface area (Å²) in [4.78, 5) is 23.0. The van der Waals surface area contributed by atoms with Gasteiger partial charge in [0.1, 0.15) is 17.1 Å². The van der Waals surface area contributed by atoms with Crippen LogP contribution < -0.4 is 4.74 Å². The summed E-state index contributed by atoms with van der Waals surface area (Å²) in [5.74, 6) is 0.157. The molecule has 0 bridgehead atoms. The predicted molar refractivity (Wildman–Crippen MR) is 85.6 cm³/mol. The molecule has 0 spiro atoms. The molecule has 2 aromatic heterocycles. The van der Waals surface area contributed by atoms with E-state index < -0.39 is 0 Å². The Kier molecular flexibility index (Phi) is 4.96. The summed E-state index contributed by atoms with van der Waals surface area (Å²) in [6.07, 6.45) is 5.07. The number of hydrogen-bond donors (Lipinski definition) is 0. The average Bonchev–Trinajstić information content (AvgIpc) is 3.25. The van der Waals surface area contributed by atoms with E-state index in [1.54, 1.807) is 4.90 Å². The molecule has 3 heterocycles. The van der Waals surface area contributed by atoms with E-state index in [1.165, 1.54) is 12.4 Å². The van der Waals surface area contributed by atoms with E-state index in [9.17, 15) is 4.79 Å². The minimum Gasteiger partial charge on any atom is -0.470 e. The molecule has 1 amide bonds. The van der Waals surface area contributed by atoms with Crippen LogP contribution in [0.15, 0.2) is 12.4 Å². The van der Waals surface area contributed by atoms with Crippen LogP contribution in [0.3, 0.4) is 0 Å². The number of hydrogen-bond acceptors (Lipinski definition) is 8. The van der Waals surface area contributed by atoms with Crippen molar-refractivity contribution in [2.24, 2.45) is 0 Å². The first kappa shape index (κ1) is 16.3. The van der Waals surface area contributed by atoms with Gasteiger partial charge in [-0.25, -0.2) is 9.97 Å². The Morgan fingerprint density at radius 3 is 3.12 bits per heavy atom. The summed E-state index contributed by atoms with van der Waals surface area (Å²) in [6.45, 7) is 3.08. The second-order valence-electron chi connectivity index (χ2n) is 5.40. The van der Waals surface area contributed by atoms with Crippen molar-refractivity contribution in [2.45, 2.75) is 32.3 Å². The molecule has 1 saturated heterocycles. The van der Waals surface area contributed by atoms with Gasteiger partial charge in [-0.2, -0.15) is 5.26 Å². The molecule has 9 heteroatoms. The number of aryl methyl sites for hydroxylation is 1. The molecule has 124 valence electrons. The van der Waals surface area contributed by atoms with Crippen LogP contribution in [0.25, 0.3) is 0 Å². The second kappa shape index (κ2) is 7.31. The zero-order valence-corrected chi connectivity index (χ0v) is 14.0. The lowest BCUT2D eigenvalue weighted by Crippen LogP contribution is -2.31. The van der Waals surface area contributed by atoms with E-state index in [2.05, 4.69) is 19.6 Å². The summed E-state index contributed by atoms with van der Waals surface area (Å²) in [7, 11) is 0. The third-order valence-corrected chi connectivity index (χ3v) is 4.47. The highest BCUT2D eigenvalue weighted by molar-refractivity contribution is 7.08. The van der Waals surface area contributed by atoms with Crippen LogP contribution in [0, 0.1) is 11.3 Å². The molecule has 24 heavy (non-hydrogen) atoms. The highest BCUT2D eigenvalue weighted by Gasteiger charge is 2.31. The number of ether oxygens (including phenoxy) is 1. The van der Waals surface area contributed by atoms with Gasteiger partial charge in [0.15, 0.2) is 0 Å². The Morgan fingerprint density at radius 1 is 1.50 bits per heavy atom. The third-order valence-electron chi connectivity index (χ3n) is 3.72. The zero-order valence-electron chi connectivity index (χ0n) is 13.2. The lowest BCUT2D eigenvalue weighted by Gasteiger charge is -2.16. The van der Waals surface area contributed by atoms with E-state index in [0.717, 1.165) is 30.1 Å². The Bertz CT molecular complexity index is 771. The molecule has 0 N–H and O–H groups in total. The van der Waals surface area contributed by atoms with Crippen molar-refractivity contribution in [3.8, 4) is 11.9 Å². The first-order valence-electron chi connectivity index (χ1n) is 7.71. The lowest BCUT2D eigenvalue weighted by atomic mass is 10.2. The number of likely N-dealkylation sites (tertiary alicyclic amines) is 1. The molecule has 2 aromatic rings. The van der Waals surface area contributed by atoms with Crippen LogP contribution in [0.5, 0.6) is 5.88 Å². The number of carbonyl (C=O) groups excluding carboxylic acids is 1. The lowest BCUT2D eigenvalue weighted by molar-refractivity contribution is 0.0774. The van der Waals surface area contributed by atoms with E-state index in [-0.39, 0.29) is 23.6 Å². The van der Waals surface area contributed by atoms with Crippen molar-refractivity contribution in [1.29, 1.82) is 5.26 Å². The normalized spacial score (nSPS) is 16.8. The molecule has 1 aliphatic heterocycles. The molecule has 1 aliphatic rings. The number of nitrogens with zero attached hydrogens (tertiary/aromatic N) is 6. The van der Waals surface area contributed by atoms with E-state index in [1.807, 2.05) is 13.0 Å². The molecule has 3 rings (SSSR count). The van der Waals surface area contributed by atoms with Gasteiger partial charge in [-0.05, 0) is 18.0 Å². The molecular formula is C15H16N6O2S. The fraction of sp³-hybridized carbons (Fsp3) is 0.467. The first-order chi connectivity index (χ1) is 11.7. The monoisotopic (exact) mass is 344 g/mol. The summed E-state index contributed by atoms with van der Waals surface area (Å²) >= 11 is 1.14. The van der Waals surface area contributed by atoms with Crippen LogP contribution >= 0.6 is 11.5 Å². The van der Waals surface area contributed by atoms with Crippen LogP contribution in [0.4, 0.5) is 0 Å². The van der Waals surface area contributed by atoms with E-state index >= 15 is 0 Å². The van der Waals surface area contributed by atoms with Crippen molar-refractivity contribution in [1.82, 2.24) is 24.5 Å². The fourth-order valence-corrected chi connectivity index (χ4v) is 3.25. The van der Waals surface area contributed by atoms with Crippen molar-refractivity contribution in [2.75, 3.05) is 13.1 Å². The van der Waals surface area contributed by atoms with Crippen molar-refractivity contribution in [3.63, 3.8) is 0 Å². The van der Waals surface area contributed by atoms with Gasteiger partial charge in [0.2, 0.25) is 5.69 Å². The molecule has 0 aromatic carbocycles. The predicted octanol–water partition coefficient (Wildman–Crippen LogP) is 1.45. The van der Waals surface area contributed by atoms with Crippen molar-refractivity contribution < 1.29 is 9.53 Å². The van der Waals surface area contributed by atoms with Gasteiger partial charge in [0.25, 0.3) is 11.8 Å². The molecule has 1 fully saturated rings. The minimum absolute atomic E-state index is 0.0563. The van der Waals surface area contributed by atoms with Gasteiger partial charge in [-0.15, -0.1) is 5.10 Å². The van der Waals surface area contributed by atoms with Gasteiger partial charge >= 0.3 is 0 Å². The van der Waals surface area contributed by atoms with Gasteiger partial charge in [0, 0.05) is 25.4 Å². The zero-order chi connectivity index (χ0) is 16.9. The smallest absolute Gasteiger partial charge is 0.267 e. The summed E-state index contributed by atoms with van der Waals surface area (Å²) in [5, 5.41) is 13.1. The highest BCUT2D eigenvalue weighted by atomic mass is 32.1. The maximum absolute atomic E-state index is 12.6. The van der Waals surface area contributed by atoms with Gasteiger partial charge < -0.3 is 9.64 Å². The highest BCUT2D eigenvalue weighted by Crippen LogP contribution is 2.22. The molecule has 1 atom stereocenters. The summed E-state index contributed by atoms with van der Waals surface area (Å²) in [5.41, 5.74) is 0.914. The SMILES string of the molecule is CCCc1nnsc1C(=O)N1CC[C@@H](Oc2nccnc2C#N)C1. The second-order valence-corrected chi connectivity index (χ2v) is 6.15. The number of rotatable bonds is 5. The van der Waals surface area contributed by atoms with Crippen molar-refractivity contribution in [3.05, 3.63) is 28.7 Å². The van der Waals surface area contributed by atoms with Crippen LogP contribution in [-0.4, -0.2) is 49.6 Å². The average molecular weight is 344 g/mol. The molecular weight excluding hydrogens is 328 g/mol. The number of amides is 1. The van der Waals surface area contributed by atoms with Gasteiger partial charge in [-0.3, -0.25) is 4.79 Å². The molecule has 0 unspecified atom stereocenters. The Labute approximate surface area is 143 Å². The number of aromatic nitrogens is 4. The number of carbonyl (C=O) groups is 1. The quantitative estimate of drug-likeness (QED) is 0.808. The maximum atomic E-state index is 12.6. The molecule has 0 radical (unpaired) electrons. The molecule has 8 nitrogen and oxygen atoms in total. The fourth-order valence-electron chi connectivity index (χ4n) is 2.57. The van der Waals surface area contributed by atoms with E-state index in [0.29, 0.717) is 24.4 Å². The Balaban J connectivity index is 1.66. The van der Waals surface area contributed by atoms with Gasteiger partial charge in [-0.1, -0.05) is 17.8 Å². The number of nitriles is 1. The maximum Gasteiger partial charge on any atom is 0.267 e. The van der Waals surface area contributed by atoms with Crippen LogP contribution in [0.1, 0.15) is 40.8 Å². The minimum atomic E-state index is -0.201. The summed E-state index contributed by atoms with van der Waals surface area (Å²) in [6, 6.07) is 1.95. The Morgan fingerprint density at radius 2 is 2.33 bits per heavy atom. The van der Waals surface area contributed by atoms with Crippen LogP contribution in [-0.2, 0) is 6.42 Å². The Hall–Kier alpha value is -2.60. The molecule has 0 saturated carbocycles. The van der Waals surface area contributed by atoms with Gasteiger partial charge in [0.05, 0.1) is 12.2 Å². The summed E-state index contributed by atoms with van der Waals surface area (Å²) < 4.78 is 9.66. The topological polar surface area (TPSA) is 105 Å². The largest absolute Gasteiger partial charge is 0.470 e. The molecule has 0 aliphatic carbocycles. The first-order valence-corrected chi connectivity index (χ1v) is 8.48. The van der Waals surface area contributed by atoms with Crippen molar-refractivity contribution >= 4 is 17.4 Å². The van der Waals surface area contributed by atoms with Crippen LogP contribution in [0.2, 0.25) is 0 Å². The van der Waals surface area contributed by atoms with E-state index in [4.69, 9.17) is 10.00 Å².